The van der Waals surface area contributed by atoms with Gasteiger partial charge in [-0.1, -0.05) is 41.7 Å². The number of benzene rings is 1. The van der Waals surface area contributed by atoms with Crippen LogP contribution in [-0.2, 0) is 0 Å². The fraction of sp³-hybridized carbons (Fsp3) is 0.357. The first-order valence-corrected chi connectivity index (χ1v) is 7.67. The summed E-state index contributed by atoms with van der Waals surface area (Å²) in [6, 6.07) is 9.48. The van der Waals surface area contributed by atoms with Crippen LogP contribution in [0, 0.1) is 0 Å². The van der Waals surface area contributed by atoms with E-state index in [9.17, 15) is 9.90 Å². The van der Waals surface area contributed by atoms with Gasteiger partial charge in [0.2, 0.25) is 5.13 Å². The zero-order valence-electron chi connectivity index (χ0n) is 11.4. The normalized spacial score (nSPS) is 18.5. The first-order chi connectivity index (χ1) is 10.2. The Balaban J connectivity index is 1.66. The van der Waals surface area contributed by atoms with Crippen molar-refractivity contribution in [3.63, 3.8) is 0 Å². The van der Waals surface area contributed by atoms with Crippen LogP contribution in [0.3, 0.4) is 0 Å². The molecule has 7 heteroatoms. The number of aromatic nitrogens is 2. The van der Waals surface area contributed by atoms with E-state index < -0.39 is 6.10 Å². The highest BCUT2D eigenvalue weighted by molar-refractivity contribution is 7.18. The molecule has 6 nitrogen and oxygen atoms in total. The molecule has 1 saturated heterocycles. The summed E-state index contributed by atoms with van der Waals surface area (Å²) < 4.78 is 0. The molecule has 0 aliphatic carbocycles. The predicted octanol–water partition coefficient (Wildman–Crippen LogP) is 2.19. The lowest BCUT2D eigenvalue weighted by Crippen LogP contribution is -2.44. The molecular weight excluding hydrogens is 288 g/mol. The minimum absolute atomic E-state index is 0.232. The lowest BCUT2D eigenvalue weighted by molar-refractivity contribution is 0.0883. The highest BCUT2D eigenvalue weighted by Gasteiger charge is 2.22. The Morgan fingerprint density at radius 2 is 2.14 bits per heavy atom. The lowest BCUT2D eigenvalue weighted by atomic mass is 10.1. The van der Waals surface area contributed by atoms with E-state index >= 15 is 0 Å². The SMILES string of the molecule is O=C(Nc1nnc(-c2ccccc2)s1)N1CCCC(O)C1. The number of anilines is 1. The van der Waals surface area contributed by atoms with E-state index in [2.05, 4.69) is 15.5 Å². The Morgan fingerprint density at radius 3 is 2.90 bits per heavy atom. The third-order valence-electron chi connectivity index (χ3n) is 3.34. The number of hydrogen-bond acceptors (Lipinski definition) is 5. The molecular formula is C14H16N4O2S. The third kappa shape index (κ3) is 3.37. The average molecular weight is 304 g/mol. The van der Waals surface area contributed by atoms with Crippen molar-refractivity contribution in [1.82, 2.24) is 15.1 Å². The lowest BCUT2D eigenvalue weighted by Gasteiger charge is -2.29. The van der Waals surface area contributed by atoms with Gasteiger partial charge in [-0.25, -0.2) is 4.79 Å². The Hall–Kier alpha value is -1.99. The monoisotopic (exact) mass is 304 g/mol. The number of rotatable bonds is 2. The Kier molecular flexibility index (Phi) is 4.12. The number of hydrogen-bond donors (Lipinski definition) is 2. The van der Waals surface area contributed by atoms with E-state index in [4.69, 9.17) is 0 Å². The number of aliphatic hydroxyl groups excluding tert-OH is 1. The van der Waals surface area contributed by atoms with Crippen molar-refractivity contribution in [2.45, 2.75) is 18.9 Å². The first-order valence-electron chi connectivity index (χ1n) is 6.85. The standard InChI is InChI=1S/C14H16N4O2S/c19-11-7-4-8-18(9-11)14(20)15-13-17-16-12(21-13)10-5-2-1-3-6-10/h1-3,5-6,11,19H,4,7-9H2,(H,15,17,20). The van der Waals surface area contributed by atoms with Gasteiger partial charge in [0.1, 0.15) is 5.01 Å². The molecule has 0 bridgehead atoms. The minimum atomic E-state index is -0.432. The number of likely N-dealkylation sites (tertiary alicyclic amines) is 1. The van der Waals surface area contributed by atoms with Crippen LogP contribution in [0.25, 0.3) is 10.6 Å². The van der Waals surface area contributed by atoms with Crippen molar-refractivity contribution >= 4 is 22.5 Å². The van der Waals surface area contributed by atoms with Crippen molar-refractivity contribution in [3.05, 3.63) is 30.3 Å². The topological polar surface area (TPSA) is 78.4 Å². The molecule has 1 aromatic carbocycles. The molecule has 2 aromatic rings. The molecule has 2 heterocycles. The second-order valence-electron chi connectivity index (χ2n) is 4.95. The summed E-state index contributed by atoms with van der Waals surface area (Å²) in [5, 5.41) is 21.7. The van der Waals surface area contributed by atoms with E-state index in [0.717, 1.165) is 23.4 Å². The number of nitrogens with one attached hydrogen (secondary N) is 1. The van der Waals surface area contributed by atoms with Gasteiger partial charge in [0.25, 0.3) is 0 Å². The van der Waals surface area contributed by atoms with Crippen LogP contribution in [-0.4, -0.2) is 45.4 Å². The molecule has 1 fully saturated rings. The Labute approximate surface area is 126 Å². The van der Waals surface area contributed by atoms with Crippen molar-refractivity contribution < 1.29 is 9.90 Å². The number of carbonyl (C=O) groups excluding carboxylic acids is 1. The molecule has 2 N–H and O–H groups in total. The molecule has 1 aliphatic rings. The maximum absolute atomic E-state index is 12.1. The summed E-state index contributed by atoms with van der Waals surface area (Å²) in [6.45, 7) is 1.03. The maximum atomic E-state index is 12.1. The van der Waals surface area contributed by atoms with Gasteiger partial charge in [-0.05, 0) is 12.8 Å². The number of nitrogens with zero attached hydrogens (tertiary/aromatic N) is 3. The maximum Gasteiger partial charge on any atom is 0.323 e. The molecule has 1 aliphatic heterocycles. The number of amides is 2. The molecule has 1 aromatic heterocycles. The van der Waals surface area contributed by atoms with Crippen molar-refractivity contribution in [3.8, 4) is 10.6 Å². The predicted molar refractivity (Wildman–Crippen MR) is 81.2 cm³/mol. The first kappa shape index (κ1) is 14.0. The highest BCUT2D eigenvalue weighted by Crippen LogP contribution is 2.26. The van der Waals surface area contributed by atoms with E-state index in [1.54, 1.807) is 4.90 Å². The zero-order valence-corrected chi connectivity index (χ0v) is 12.2. The van der Waals surface area contributed by atoms with Gasteiger partial charge < -0.3 is 10.0 Å². The van der Waals surface area contributed by atoms with Crippen LogP contribution in [0.2, 0.25) is 0 Å². The van der Waals surface area contributed by atoms with Crippen molar-refractivity contribution in [2.75, 3.05) is 18.4 Å². The molecule has 21 heavy (non-hydrogen) atoms. The minimum Gasteiger partial charge on any atom is -0.391 e. The van der Waals surface area contributed by atoms with Crippen LogP contribution in [0.4, 0.5) is 9.93 Å². The Bertz CT molecular complexity index is 616. The van der Waals surface area contributed by atoms with Crippen LogP contribution < -0.4 is 5.32 Å². The average Bonchev–Trinajstić information content (AvgIpc) is 2.97. The molecule has 0 spiro atoms. The summed E-state index contributed by atoms with van der Waals surface area (Å²) in [5.74, 6) is 0. The second kappa shape index (κ2) is 6.19. The molecule has 3 rings (SSSR count). The highest BCUT2D eigenvalue weighted by atomic mass is 32.1. The zero-order chi connectivity index (χ0) is 14.7. The van der Waals surface area contributed by atoms with Gasteiger partial charge >= 0.3 is 6.03 Å². The largest absolute Gasteiger partial charge is 0.391 e. The second-order valence-corrected chi connectivity index (χ2v) is 5.93. The molecule has 1 atom stereocenters. The summed E-state index contributed by atoms with van der Waals surface area (Å²) in [4.78, 5) is 13.7. The van der Waals surface area contributed by atoms with E-state index in [0.29, 0.717) is 18.2 Å². The number of β-amino-alcohol motifs (C(OH)–C–C–N with tert-alkyl or cyclic N) is 1. The number of urea groups is 1. The van der Waals surface area contributed by atoms with Gasteiger partial charge in [0, 0.05) is 18.7 Å². The van der Waals surface area contributed by atoms with Gasteiger partial charge in [-0.15, -0.1) is 10.2 Å². The number of aliphatic hydroxyl groups is 1. The third-order valence-corrected chi connectivity index (χ3v) is 4.23. The van der Waals surface area contributed by atoms with Crippen LogP contribution in [0.15, 0.2) is 30.3 Å². The fourth-order valence-corrected chi connectivity index (χ4v) is 3.02. The summed E-state index contributed by atoms with van der Waals surface area (Å²) in [6.07, 6.45) is 1.14. The van der Waals surface area contributed by atoms with Gasteiger partial charge in [0.15, 0.2) is 0 Å². The van der Waals surface area contributed by atoms with Gasteiger partial charge in [0.05, 0.1) is 6.10 Å². The molecule has 110 valence electrons. The van der Waals surface area contributed by atoms with Crippen molar-refractivity contribution in [1.29, 1.82) is 0 Å². The molecule has 2 amide bonds. The number of carbonyl (C=O) groups is 1. The van der Waals surface area contributed by atoms with Crippen LogP contribution >= 0.6 is 11.3 Å². The summed E-state index contributed by atoms with van der Waals surface area (Å²) in [7, 11) is 0. The smallest absolute Gasteiger partial charge is 0.323 e. The number of piperidine rings is 1. The van der Waals surface area contributed by atoms with Crippen LogP contribution in [0.1, 0.15) is 12.8 Å². The van der Waals surface area contributed by atoms with Crippen LogP contribution in [0.5, 0.6) is 0 Å². The fourth-order valence-electron chi connectivity index (χ4n) is 2.28. The van der Waals surface area contributed by atoms with E-state index in [1.165, 1.54) is 11.3 Å². The summed E-state index contributed by atoms with van der Waals surface area (Å²) >= 11 is 1.34. The van der Waals surface area contributed by atoms with Crippen molar-refractivity contribution in [2.24, 2.45) is 0 Å². The molecule has 0 saturated carbocycles. The van der Waals surface area contributed by atoms with Gasteiger partial charge in [-0.2, -0.15) is 0 Å². The van der Waals surface area contributed by atoms with E-state index in [1.807, 2.05) is 30.3 Å². The molecule has 0 radical (unpaired) electrons. The molecule has 1 unspecified atom stereocenters. The Morgan fingerprint density at radius 1 is 1.33 bits per heavy atom. The quantitative estimate of drug-likeness (QED) is 0.891. The van der Waals surface area contributed by atoms with E-state index in [-0.39, 0.29) is 6.03 Å². The summed E-state index contributed by atoms with van der Waals surface area (Å²) in [5.41, 5.74) is 0.976. The van der Waals surface area contributed by atoms with Gasteiger partial charge in [-0.3, -0.25) is 5.32 Å².